The van der Waals surface area contributed by atoms with E-state index in [1.54, 1.807) is 37.3 Å². The van der Waals surface area contributed by atoms with E-state index >= 15 is 4.39 Å². The molecule has 2 aromatic carbocycles. The van der Waals surface area contributed by atoms with Gasteiger partial charge in [0.1, 0.15) is 13.3 Å². The summed E-state index contributed by atoms with van der Waals surface area (Å²) in [6.45, 7) is 1.88. The fourth-order valence-electron chi connectivity index (χ4n) is 3.10. The third kappa shape index (κ3) is 4.31. The maximum absolute atomic E-state index is 15.1. The van der Waals surface area contributed by atoms with E-state index < -0.39 is 23.9 Å². The highest BCUT2D eigenvalue weighted by atomic mass is 35.5. The zero-order chi connectivity index (χ0) is 20.3. The van der Waals surface area contributed by atoms with E-state index in [1.807, 2.05) is 0 Å². The molecule has 3 rings (SSSR count). The maximum atomic E-state index is 15.1. The Bertz CT molecular complexity index is 920. The van der Waals surface area contributed by atoms with E-state index in [2.05, 4.69) is 15.8 Å². The van der Waals surface area contributed by atoms with Crippen molar-refractivity contribution in [1.82, 2.24) is 5.32 Å². The lowest BCUT2D eigenvalue weighted by Gasteiger charge is -2.14. The number of anilines is 1. The average molecular weight is 408 g/mol. The zero-order valence-electron chi connectivity index (χ0n) is 15.4. The summed E-state index contributed by atoms with van der Waals surface area (Å²) in [5, 5.41) is 9.54. The fraction of sp³-hybridized carbons (Fsp3) is 0.300. The molecule has 0 aromatic heterocycles. The van der Waals surface area contributed by atoms with Gasteiger partial charge in [-0.2, -0.15) is 0 Å². The molecule has 1 saturated heterocycles. The first-order valence-electron chi connectivity index (χ1n) is 8.75. The Balaban J connectivity index is 1.92. The molecule has 28 heavy (non-hydrogen) atoms. The van der Waals surface area contributed by atoms with Crippen LogP contribution >= 0.6 is 11.6 Å². The van der Waals surface area contributed by atoms with Gasteiger partial charge in [0.25, 0.3) is 0 Å². The first-order valence-corrected chi connectivity index (χ1v) is 9.13. The van der Waals surface area contributed by atoms with Gasteiger partial charge in [0.2, 0.25) is 5.91 Å². The molecule has 0 aliphatic carbocycles. The summed E-state index contributed by atoms with van der Waals surface area (Å²) in [6, 6.07) is 9.07. The van der Waals surface area contributed by atoms with Crippen LogP contribution in [0.1, 0.15) is 18.9 Å². The molecule has 0 bridgehead atoms. The van der Waals surface area contributed by atoms with Crippen LogP contribution in [0.4, 0.5) is 14.5 Å². The molecule has 1 aliphatic rings. The highest BCUT2D eigenvalue weighted by molar-refractivity contribution is 6.33. The van der Waals surface area contributed by atoms with Crippen LogP contribution < -0.4 is 10.6 Å². The lowest BCUT2D eigenvalue weighted by molar-refractivity contribution is -0.117. The van der Waals surface area contributed by atoms with Crippen LogP contribution in [0.3, 0.4) is 0 Å². The molecule has 2 N–H and O–H groups in total. The third-order valence-electron chi connectivity index (χ3n) is 4.55. The molecule has 5 nitrogen and oxygen atoms in total. The van der Waals surface area contributed by atoms with Gasteiger partial charge in [-0.25, -0.2) is 8.78 Å². The number of benzene rings is 2. The van der Waals surface area contributed by atoms with Gasteiger partial charge in [0, 0.05) is 29.1 Å². The Labute approximate surface area is 166 Å². The molecule has 1 amide bonds. The Hall–Kier alpha value is -2.51. The maximum Gasteiger partial charge on any atom is 0.241 e. The first-order chi connectivity index (χ1) is 13.4. The highest BCUT2D eigenvalue weighted by Gasteiger charge is 2.29. The summed E-state index contributed by atoms with van der Waals surface area (Å²) in [4.78, 5) is 17.1. The van der Waals surface area contributed by atoms with Crippen LogP contribution in [0.5, 0.6) is 0 Å². The van der Waals surface area contributed by atoms with E-state index in [9.17, 15) is 9.18 Å². The number of hydrogen-bond acceptors (Lipinski definition) is 4. The number of nitrogens with one attached hydrogen (secondary N) is 2. The molecule has 2 aromatic rings. The zero-order valence-corrected chi connectivity index (χ0v) is 16.2. The van der Waals surface area contributed by atoms with Gasteiger partial charge in [-0.1, -0.05) is 35.0 Å². The van der Waals surface area contributed by atoms with Crippen molar-refractivity contribution in [3.63, 3.8) is 0 Å². The Morgan fingerprint density at radius 1 is 1.32 bits per heavy atom. The summed E-state index contributed by atoms with van der Waals surface area (Å²) < 4.78 is 28.4. The Morgan fingerprint density at radius 2 is 2.11 bits per heavy atom. The smallest absolute Gasteiger partial charge is 0.241 e. The molecule has 0 unspecified atom stereocenters. The molecule has 1 fully saturated rings. The largest absolute Gasteiger partial charge is 0.399 e. The third-order valence-corrected chi connectivity index (χ3v) is 4.88. The second-order valence-electron chi connectivity index (χ2n) is 6.50. The molecule has 1 aliphatic heterocycles. The minimum absolute atomic E-state index is 0.00959. The number of alkyl halides is 1. The predicted molar refractivity (Wildman–Crippen MR) is 106 cm³/mol. The average Bonchev–Trinajstić information content (AvgIpc) is 3.11. The first kappa shape index (κ1) is 20.2. The van der Waals surface area contributed by atoms with Crippen molar-refractivity contribution >= 4 is 28.9 Å². The number of rotatable bonds is 5. The Kier molecular flexibility index (Phi) is 6.26. The molecule has 0 radical (unpaired) electrons. The normalized spacial score (nSPS) is 19.5. The van der Waals surface area contributed by atoms with Crippen molar-refractivity contribution < 1.29 is 18.4 Å². The van der Waals surface area contributed by atoms with Gasteiger partial charge in [0.15, 0.2) is 5.82 Å². The number of carbonyl (C=O) groups excluding carboxylic acids is 1. The summed E-state index contributed by atoms with van der Waals surface area (Å²) in [6.07, 6.45) is -1.01. The number of halogens is 3. The van der Waals surface area contributed by atoms with Gasteiger partial charge in [0.05, 0.1) is 17.4 Å². The standard InChI is InChI=1S/C20H20ClF2N3O2/c1-11(26-28-2)12-6-7-16(21)15(8-12)14-4-3-5-17(19(14)23)25-20(27)18-9-13(22)10-24-18/h3-8,13,18,24H,9-10H2,1-2H3,(H,25,27)/b26-11+/t13-,18+/m1/s1. The summed E-state index contributed by atoms with van der Waals surface area (Å²) >= 11 is 6.29. The van der Waals surface area contributed by atoms with E-state index in [4.69, 9.17) is 16.4 Å². The molecular weight excluding hydrogens is 388 g/mol. The predicted octanol–water partition coefficient (Wildman–Crippen LogP) is 4.16. The molecule has 148 valence electrons. The molecule has 8 heteroatoms. The second kappa shape index (κ2) is 8.67. The lowest BCUT2D eigenvalue weighted by Crippen LogP contribution is -2.35. The number of carbonyl (C=O) groups is 1. The second-order valence-corrected chi connectivity index (χ2v) is 6.91. The fourth-order valence-corrected chi connectivity index (χ4v) is 3.31. The molecular formula is C20H20ClF2N3O2. The van der Waals surface area contributed by atoms with Crippen LogP contribution in [0, 0.1) is 5.82 Å². The van der Waals surface area contributed by atoms with Crippen molar-refractivity contribution in [1.29, 1.82) is 0 Å². The number of amides is 1. The summed E-state index contributed by atoms with van der Waals surface area (Å²) in [5.74, 6) is -1.09. The van der Waals surface area contributed by atoms with E-state index in [0.717, 1.165) is 5.56 Å². The van der Waals surface area contributed by atoms with Crippen LogP contribution in [-0.4, -0.2) is 37.5 Å². The highest BCUT2D eigenvalue weighted by Crippen LogP contribution is 2.34. The molecule has 1 heterocycles. The van der Waals surface area contributed by atoms with Gasteiger partial charge in [-0.05, 0) is 30.7 Å². The summed E-state index contributed by atoms with van der Waals surface area (Å²) in [7, 11) is 1.44. The lowest BCUT2D eigenvalue weighted by atomic mass is 10.00. The van der Waals surface area contributed by atoms with E-state index in [0.29, 0.717) is 16.3 Å². The SMILES string of the molecule is CO/N=C(\C)c1ccc(Cl)c(-c2cccc(NC(=O)[C@@H]3C[C@@H](F)CN3)c2F)c1. The quantitative estimate of drug-likeness (QED) is 0.578. The van der Waals surface area contributed by atoms with Crippen LogP contribution in [0.15, 0.2) is 41.6 Å². The van der Waals surface area contributed by atoms with Crippen molar-refractivity contribution in [2.24, 2.45) is 5.16 Å². The van der Waals surface area contributed by atoms with E-state index in [-0.39, 0.29) is 24.2 Å². The van der Waals surface area contributed by atoms with Gasteiger partial charge in [-0.15, -0.1) is 0 Å². The molecule has 0 saturated carbocycles. The van der Waals surface area contributed by atoms with Crippen molar-refractivity contribution in [2.45, 2.75) is 25.6 Å². The van der Waals surface area contributed by atoms with Gasteiger partial charge in [-0.3, -0.25) is 4.79 Å². The van der Waals surface area contributed by atoms with Crippen molar-refractivity contribution in [3.05, 3.63) is 52.8 Å². The van der Waals surface area contributed by atoms with Gasteiger partial charge >= 0.3 is 0 Å². The number of nitrogens with zero attached hydrogens (tertiary/aromatic N) is 1. The van der Waals surface area contributed by atoms with Crippen molar-refractivity contribution in [2.75, 3.05) is 19.0 Å². The van der Waals surface area contributed by atoms with Crippen LogP contribution in [-0.2, 0) is 9.63 Å². The van der Waals surface area contributed by atoms with Crippen molar-refractivity contribution in [3.8, 4) is 11.1 Å². The van der Waals surface area contributed by atoms with E-state index in [1.165, 1.54) is 13.2 Å². The Morgan fingerprint density at radius 3 is 2.79 bits per heavy atom. The molecule has 0 spiro atoms. The monoisotopic (exact) mass is 407 g/mol. The van der Waals surface area contributed by atoms with Crippen LogP contribution in [0.25, 0.3) is 11.1 Å². The topological polar surface area (TPSA) is 62.7 Å². The van der Waals surface area contributed by atoms with Crippen LogP contribution in [0.2, 0.25) is 5.02 Å². The number of hydrogen-bond donors (Lipinski definition) is 2. The minimum atomic E-state index is -1.08. The number of oxime groups is 1. The van der Waals surface area contributed by atoms with Gasteiger partial charge < -0.3 is 15.5 Å². The summed E-state index contributed by atoms with van der Waals surface area (Å²) in [5.41, 5.74) is 2.03. The molecule has 2 atom stereocenters. The minimum Gasteiger partial charge on any atom is -0.399 e.